The van der Waals surface area contributed by atoms with Crippen LogP contribution in [-0.4, -0.2) is 23.6 Å². The molecule has 0 radical (unpaired) electrons. The van der Waals surface area contributed by atoms with Gasteiger partial charge in [-0.25, -0.2) is 4.72 Å². The summed E-state index contributed by atoms with van der Waals surface area (Å²) in [4.78, 5) is 0. The Kier molecular flexibility index (Phi) is 2.84. The topological polar surface area (TPSA) is 56.0 Å². The molecule has 0 aromatic rings. The van der Waals surface area contributed by atoms with Crippen molar-refractivity contribution in [1.29, 1.82) is 5.26 Å². The summed E-state index contributed by atoms with van der Waals surface area (Å²) in [5.41, 5.74) is 0. The molecule has 0 atom stereocenters. The van der Waals surface area contributed by atoms with Gasteiger partial charge in [-0.3, -0.25) is 0 Å². The van der Waals surface area contributed by atoms with Gasteiger partial charge in [0, 0.05) is 0 Å². The van der Waals surface area contributed by atoms with E-state index in [0.29, 0.717) is 0 Å². The number of hydrogen-bond acceptors (Lipinski definition) is 3. The van der Waals surface area contributed by atoms with E-state index in [2.05, 4.69) is 4.72 Å². The predicted octanol–water partition coefficient (Wildman–Crippen LogP) is 0.552. The molecule has 0 saturated heterocycles. The summed E-state index contributed by atoms with van der Waals surface area (Å²) in [6.07, 6.45) is 3.34. The van der Waals surface area contributed by atoms with Crippen molar-refractivity contribution in [3.05, 3.63) is 0 Å². The number of rotatable bonds is 2. The van der Waals surface area contributed by atoms with E-state index in [0.717, 1.165) is 0 Å². The Morgan fingerprint density at radius 1 is 1.75 bits per heavy atom. The second kappa shape index (κ2) is 2.92. The molecule has 0 amide bonds. The second-order valence-electron chi connectivity index (χ2n) is 1.75. The van der Waals surface area contributed by atoms with Crippen molar-refractivity contribution in [2.45, 2.75) is 0 Å². The lowest BCUT2D eigenvalue weighted by molar-refractivity contribution is 0.625. The van der Waals surface area contributed by atoms with Crippen molar-refractivity contribution < 1.29 is 4.55 Å². The first-order valence-electron chi connectivity index (χ1n) is 2.13. The lowest BCUT2D eigenvalue weighted by Gasteiger charge is -2.22. The molecule has 2 N–H and O–H groups in total. The molecule has 0 spiro atoms. The summed E-state index contributed by atoms with van der Waals surface area (Å²) in [5, 5.41) is 8.02. The number of nitrogens with one attached hydrogen (secondary N) is 1. The Bertz CT molecular complexity index is 102. The molecule has 0 aromatic heterocycles. The zero-order valence-corrected chi connectivity index (χ0v) is 5.83. The highest BCUT2D eigenvalue weighted by atomic mass is 32.3. The quantitative estimate of drug-likeness (QED) is 0.542. The second-order valence-corrected chi connectivity index (χ2v) is 4.59. The monoisotopic (exact) mass is 134 g/mol. The molecule has 0 aliphatic carbocycles. The summed E-state index contributed by atoms with van der Waals surface area (Å²) in [6.45, 7) is 0.221. The summed E-state index contributed by atoms with van der Waals surface area (Å²) >= 11 is 0. The standard InChI is InChI=1S/C4H10N2OS/c1-8(2,7)6-4-3-5/h6-7H,4H2,1-2H3. The lowest BCUT2D eigenvalue weighted by Crippen LogP contribution is -2.17. The summed E-state index contributed by atoms with van der Waals surface area (Å²) in [7, 11) is -1.66. The van der Waals surface area contributed by atoms with Gasteiger partial charge in [0.05, 0.1) is 12.6 Å². The highest BCUT2D eigenvalue weighted by Crippen LogP contribution is 2.26. The van der Waals surface area contributed by atoms with E-state index in [1.807, 2.05) is 6.07 Å². The van der Waals surface area contributed by atoms with E-state index in [4.69, 9.17) is 9.81 Å². The van der Waals surface area contributed by atoms with Gasteiger partial charge in [-0.05, 0) is 12.5 Å². The number of nitriles is 1. The Balaban J connectivity index is 3.28. The highest BCUT2D eigenvalue weighted by Gasteiger charge is 2.00. The minimum absolute atomic E-state index is 0.221. The fourth-order valence-electron chi connectivity index (χ4n) is 0.209. The molecule has 0 aromatic carbocycles. The van der Waals surface area contributed by atoms with Crippen molar-refractivity contribution >= 4 is 10.5 Å². The predicted molar refractivity (Wildman–Crippen MR) is 35.7 cm³/mol. The van der Waals surface area contributed by atoms with Crippen LogP contribution in [0.2, 0.25) is 0 Å². The summed E-state index contributed by atoms with van der Waals surface area (Å²) in [5.74, 6) is 0. The van der Waals surface area contributed by atoms with Crippen molar-refractivity contribution in [3.8, 4) is 6.07 Å². The molecule has 3 nitrogen and oxygen atoms in total. The Morgan fingerprint density at radius 3 is 2.38 bits per heavy atom. The third-order valence-electron chi connectivity index (χ3n) is 0.504. The largest absolute Gasteiger partial charge is 0.339 e. The van der Waals surface area contributed by atoms with Gasteiger partial charge >= 0.3 is 0 Å². The molecule has 4 heteroatoms. The van der Waals surface area contributed by atoms with Crippen LogP contribution in [0.1, 0.15) is 0 Å². The first kappa shape index (κ1) is 7.76. The first-order valence-corrected chi connectivity index (χ1v) is 4.54. The highest BCUT2D eigenvalue weighted by molar-refractivity contribution is 8.26. The average molecular weight is 134 g/mol. The molecule has 0 rings (SSSR count). The molecular weight excluding hydrogens is 124 g/mol. The Morgan fingerprint density at radius 2 is 2.25 bits per heavy atom. The van der Waals surface area contributed by atoms with E-state index in [-0.39, 0.29) is 6.54 Å². The molecule has 0 bridgehead atoms. The minimum Gasteiger partial charge on any atom is -0.339 e. The van der Waals surface area contributed by atoms with Crippen LogP contribution >= 0.6 is 10.5 Å². The van der Waals surface area contributed by atoms with E-state index < -0.39 is 10.5 Å². The molecular formula is C4H10N2OS. The molecule has 0 heterocycles. The van der Waals surface area contributed by atoms with Crippen LogP contribution in [-0.2, 0) is 0 Å². The van der Waals surface area contributed by atoms with Gasteiger partial charge in [0.1, 0.15) is 0 Å². The maximum Gasteiger partial charge on any atom is 0.0935 e. The molecule has 0 unspecified atom stereocenters. The molecule has 8 heavy (non-hydrogen) atoms. The maximum absolute atomic E-state index is 8.97. The normalized spacial score (nSPS) is 12.8. The molecule has 0 saturated carbocycles. The third-order valence-corrected chi connectivity index (χ3v) is 1.36. The molecule has 0 fully saturated rings. The van der Waals surface area contributed by atoms with Crippen molar-refractivity contribution in [2.75, 3.05) is 19.1 Å². The molecule has 0 aliphatic rings. The zero-order valence-electron chi connectivity index (χ0n) is 5.01. The third kappa shape index (κ3) is 5.76. The summed E-state index contributed by atoms with van der Waals surface area (Å²) in [6, 6.07) is 1.87. The molecule has 0 aliphatic heterocycles. The van der Waals surface area contributed by atoms with E-state index in [1.54, 1.807) is 12.5 Å². The van der Waals surface area contributed by atoms with E-state index in [1.165, 1.54) is 0 Å². The summed E-state index contributed by atoms with van der Waals surface area (Å²) < 4.78 is 11.6. The average Bonchev–Trinajstić information content (AvgIpc) is 1.59. The van der Waals surface area contributed by atoms with E-state index in [9.17, 15) is 0 Å². The lowest BCUT2D eigenvalue weighted by atomic mass is 10.8. The van der Waals surface area contributed by atoms with Gasteiger partial charge in [0.15, 0.2) is 0 Å². The Labute approximate surface area is 51.0 Å². The van der Waals surface area contributed by atoms with Crippen LogP contribution in [0.4, 0.5) is 0 Å². The SMILES string of the molecule is CS(C)(O)NCC#N. The minimum atomic E-state index is -1.66. The van der Waals surface area contributed by atoms with Crippen LogP contribution in [0.15, 0.2) is 0 Å². The fraction of sp³-hybridized carbons (Fsp3) is 0.750. The van der Waals surface area contributed by atoms with Gasteiger partial charge in [0.2, 0.25) is 0 Å². The maximum atomic E-state index is 8.97. The number of hydrogen-bond donors (Lipinski definition) is 2. The van der Waals surface area contributed by atoms with Crippen LogP contribution in [0.5, 0.6) is 0 Å². The Hall–Kier alpha value is -0.240. The smallest absolute Gasteiger partial charge is 0.0935 e. The van der Waals surface area contributed by atoms with Crippen LogP contribution < -0.4 is 4.72 Å². The zero-order chi connectivity index (χ0) is 6.62. The van der Waals surface area contributed by atoms with Crippen LogP contribution in [0.25, 0.3) is 0 Å². The van der Waals surface area contributed by atoms with Gasteiger partial charge in [0.25, 0.3) is 0 Å². The van der Waals surface area contributed by atoms with Crippen molar-refractivity contribution in [3.63, 3.8) is 0 Å². The van der Waals surface area contributed by atoms with Gasteiger partial charge in [-0.2, -0.15) is 5.26 Å². The fourth-order valence-corrected chi connectivity index (χ4v) is 0.627. The first-order chi connectivity index (χ1) is 3.56. The molecule has 48 valence electrons. The van der Waals surface area contributed by atoms with Crippen molar-refractivity contribution in [1.82, 2.24) is 4.72 Å². The van der Waals surface area contributed by atoms with Gasteiger partial charge in [-0.15, -0.1) is 0 Å². The van der Waals surface area contributed by atoms with Crippen molar-refractivity contribution in [2.24, 2.45) is 0 Å². The van der Waals surface area contributed by atoms with Gasteiger partial charge in [-0.1, -0.05) is 10.5 Å². The van der Waals surface area contributed by atoms with Crippen LogP contribution in [0, 0.1) is 11.3 Å². The number of nitrogens with zero attached hydrogens (tertiary/aromatic N) is 1. The van der Waals surface area contributed by atoms with E-state index >= 15 is 0 Å². The van der Waals surface area contributed by atoms with Crippen LogP contribution in [0.3, 0.4) is 0 Å². The van der Waals surface area contributed by atoms with Gasteiger partial charge < -0.3 is 4.55 Å².